The molecule has 1 N–H and O–H groups in total. The molecule has 0 aromatic heterocycles. The highest BCUT2D eigenvalue weighted by molar-refractivity contribution is 9.09. The van der Waals surface area contributed by atoms with Gasteiger partial charge in [0.1, 0.15) is 10.7 Å². The molecule has 0 saturated heterocycles. The summed E-state index contributed by atoms with van der Waals surface area (Å²) in [7, 11) is -2.39. The Hall–Kier alpha value is -0.500. The fourth-order valence-electron chi connectivity index (χ4n) is 1.26. The third-order valence-electron chi connectivity index (χ3n) is 2.00. The topological polar surface area (TPSA) is 55.4 Å². The average molecular weight is 326 g/mol. The minimum Gasteiger partial charge on any atom is -0.383 e. The second-order valence-electron chi connectivity index (χ2n) is 3.36. The van der Waals surface area contributed by atoms with E-state index in [1.165, 1.54) is 25.3 Å². The first-order valence-corrected chi connectivity index (χ1v) is 7.43. The molecule has 0 aliphatic rings. The zero-order valence-corrected chi connectivity index (χ0v) is 11.6. The van der Waals surface area contributed by atoms with Crippen LogP contribution in [0, 0.1) is 5.82 Å². The van der Waals surface area contributed by atoms with E-state index in [4.69, 9.17) is 4.74 Å². The summed E-state index contributed by atoms with van der Waals surface area (Å²) < 4.78 is 44.3. The number of hydrogen-bond acceptors (Lipinski definition) is 3. The van der Waals surface area contributed by atoms with E-state index in [1.807, 2.05) is 0 Å². The lowest BCUT2D eigenvalue weighted by Crippen LogP contribution is -2.39. The van der Waals surface area contributed by atoms with Crippen molar-refractivity contribution in [2.75, 3.05) is 19.0 Å². The van der Waals surface area contributed by atoms with Gasteiger partial charge in [-0.1, -0.05) is 28.1 Å². The summed E-state index contributed by atoms with van der Waals surface area (Å²) in [5, 5.41) is 0.383. The molecule has 4 nitrogen and oxygen atoms in total. The van der Waals surface area contributed by atoms with Gasteiger partial charge in [0.05, 0.1) is 12.6 Å². The van der Waals surface area contributed by atoms with Crippen LogP contribution in [0.3, 0.4) is 0 Å². The third-order valence-corrected chi connectivity index (χ3v) is 4.34. The van der Waals surface area contributed by atoms with Crippen molar-refractivity contribution < 1.29 is 17.5 Å². The Morgan fingerprint density at radius 3 is 2.65 bits per heavy atom. The minimum absolute atomic E-state index is 0.207. The van der Waals surface area contributed by atoms with Crippen LogP contribution in [0.5, 0.6) is 0 Å². The van der Waals surface area contributed by atoms with E-state index in [0.29, 0.717) is 5.33 Å². The molecule has 0 saturated carbocycles. The predicted molar refractivity (Wildman–Crippen MR) is 66.2 cm³/mol. The average Bonchev–Trinajstić information content (AvgIpc) is 2.28. The van der Waals surface area contributed by atoms with Crippen molar-refractivity contribution >= 4 is 26.0 Å². The maximum atomic E-state index is 13.4. The first-order chi connectivity index (χ1) is 8.01. The predicted octanol–water partition coefficient (Wildman–Crippen LogP) is 1.51. The highest BCUT2D eigenvalue weighted by Crippen LogP contribution is 2.13. The third kappa shape index (κ3) is 4.02. The van der Waals surface area contributed by atoms with E-state index in [9.17, 15) is 12.8 Å². The quantitative estimate of drug-likeness (QED) is 0.807. The Bertz CT molecular complexity index is 466. The molecule has 1 aromatic rings. The van der Waals surface area contributed by atoms with Crippen molar-refractivity contribution in [3.8, 4) is 0 Å². The van der Waals surface area contributed by atoms with E-state index in [-0.39, 0.29) is 11.5 Å². The number of nitrogens with one attached hydrogen (secondary N) is 1. The molecule has 1 rings (SSSR count). The molecule has 0 amide bonds. The Morgan fingerprint density at radius 2 is 2.12 bits per heavy atom. The van der Waals surface area contributed by atoms with Gasteiger partial charge in [0.15, 0.2) is 0 Å². The van der Waals surface area contributed by atoms with Crippen LogP contribution in [-0.2, 0) is 14.8 Å². The van der Waals surface area contributed by atoms with Crippen molar-refractivity contribution in [3.05, 3.63) is 30.1 Å². The summed E-state index contributed by atoms with van der Waals surface area (Å²) in [5.41, 5.74) is 0. The molecular weight excluding hydrogens is 313 g/mol. The van der Waals surface area contributed by atoms with Crippen LogP contribution in [0.15, 0.2) is 29.2 Å². The van der Waals surface area contributed by atoms with E-state index in [0.717, 1.165) is 6.07 Å². The number of sulfonamides is 1. The van der Waals surface area contributed by atoms with Crippen LogP contribution >= 0.6 is 15.9 Å². The second kappa shape index (κ2) is 6.44. The van der Waals surface area contributed by atoms with Crippen LogP contribution < -0.4 is 4.72 Å². The van der Waals surface area contributed by atoms with Crippen LogP contribution in [0.4, 0.5) is 4.39 Å². The van der Waals surface area contributed by atoms with Gasteiger partial charge in [-0.15, -0.1) is 0 Å². The smallest absolute Gasteiger partial charge is 0.243 e. The van der Waals surface area contributed by atoms with E-state index < -0.39 is 21.9 Å². The summed E-state index contributed by atoms with van der Waals surface area (Å²) in [5.74, 6) is -0.772. The standard InChI is InChI=1S/C10H13BrFNO3S/c1-16-7-8(6-11)13-17(14,15)10-5-3-2-4-9(10)12/h2-5,8,13H,6-7H2,1H3. The molecule has 7 heteroatoms. The maximum absolute atomic E-state index is 13.4. The Kier molecular flexibility index (Phi) is 5.51. The molecule has 0 aliphatic carbocycles. The van der Waals surface area contributed by atoms with Gasteiger partial charge < -0.3 is 4.74 Å². The number of ether oxygens (including phenoxy) is 1. The van der Waals surface area contributed by atoms with Crippen molar-refractivity contribution in [1.29, 1.82) is 0 Å². The van der Waals surface area contributed by atoms with Gasteiger partial charge in [-0.3, -0.25) is 0 Å². The Labute approximate surface area is 108 Å². The van der Waals surface area contributed by atoms with Crippen molar-refractivity contribution in [2.45, 2.75) is 10.9 Å². The lowest BCUT2D eigenvalue weighted by Gasteiger charge is -2.15. The summed E-state index contributed by atoms with van der Waals surface area (Å²) >= 11 is 3.16. The number of benzene rings is 1. The molecule has 0 fully saturated rings. The lowest BCUT2D eigenvalue weighted by atomic mass is 10.3. The molecule has 0 heterocycles. The number of halogens is 2. The molecule has 0 aliphatic heterocycles. The number of rotatable bonds is 6. The van der Waals surface area contributed by atoms with Gasteiger partial charge in [-0.2, -0.15) is 0 Å². The Morgan fingerprint density at radius 1 is 1.47 bits per heavy atom. The molecule has 1 unspecified atom stereocenters. The van der Waals surface area contributed by atoms with Gasteiger partial charge in [-0.05, 0) is 12.1 Å². The fourth-order valence-corrected chi connectivity index (χ4v) is 3.12. The molecule has 17 heavy (non-hydrogen) atoms. The minimum atomic E-state index is -3.86. The summed E-state index contributed by atoms with van der Waals surface area (Å²) in [6.45, 7) is 0.207. The maximum Gasteiger partial charge on any atom is 0.243 e. The van der Waals surface area contributed by atoms with E-state index in [2.05, 4.69) is 20.7 Å². The molecule has 1 atom stereocenters. The van der Waals surface area contributed by atoms with Crippen molar-refractivity contribution in [1.82, 2.24) is 4.72 Å². The molecular formula is C10H13BrFNO3S. The molecule has 0 bridgehead atoms. The first kappa shape index (κ1) is 14.6. The van der Waals surface area contributed by atoms with Crippen molar-refractivity contribution in [2.24, 2.45) is 0 Å². The normalized spacial score (nSPS) is 13.6. The van der Waals surface area contributed by atoms with Gasteiger partial charge in [0.2, 0.25) is 10.0 Å². The SMILES string of the molecule is COCC(CBr)NS(=O)(=O)c1ccccc1F. The van der Waals surface area contributed by atoms with Gasteiger partial charge in [0.25, 0.3) is 0 Å². The zero-order chi connectivity index (χ0) is 12.9. The number of alkyl halides is 1. The van der Waals surface area contributed by atoms with Gasteiger partial charge in [-0.25, -0.2) is 17.5 Å². The number of methoxy groups -OCH3 is 1. The van der Waals surface area contributed by atoms with Crippen LogP contribution in [0.2, 0.25) is 0 Å². The highest BCUT2D eigenvalue weighted by Gasteiger charge is 2.22. The fraction of sp³-hybridized carbons (Fsp3) is 0.400. The molecule has 0 radical (unpaired) electrons. The lowest BCUT2D eigenvalue weighted by molar-refractivity contribution is 0.182. The van der Waals surface area contributed by atoms with Gasteiger partial charge in [0, 0.05) is 12.4 Å². The van der Waals surface area contributed by atoms with Crippen LogP contribution in [0.25, 0.3) is 0 Å². The Balaban J connectivity index is 2.92. The molecule has 0 spiro atoms. The van der Waals surface area contributed by atoms with Crippen LogP contribution in [0.1, 0.15) is 0 Å². The monoisotopic (exact) mass is 325 g/mol. The molecule has 96 valence electrons. The first-order valence-electron chi connectivity index (χ1n) is 4.83. The summed E-state index contributed by atoms with van der Waals surface area (Å²) in [6.07, 6.45) is 0. The second-order valence-corrected chi connectivity index (χ2v) is 5.69. The van der Waals surface area contributed by atoms with Crippen molar-refractivity contribution in [3.63, 3.8) is 0 Å². The largest absolute Gasteiger partial charge is 0.383 e. The summed E-state index contributed by atoms with van der Waals surface area (Å²) in [6, 6.07) is 4.79. The highest BCUT2D eigenvalue weighted by atomic mass is 79.9. The van der Waals surface area contributed by atoms with Gasteiger partial charge >= 0.3 is 0 Å². The van der Waals surface area contributed by atoms with Crippen LogP contribution in [-0.4, -0.2) is 33.5 Å². The number of hydrogen-bond donors (Lipinski definition) is 1. The zero-order valence-electron chi connectivity index (χ0n) is 9.19. The van der Waals surface area contributed by atoms with E-state index >= 15 is 0 Å². The molecule has 1 aromatic carbocycles. The summed E-state index contributed by atoms with van der Waals surface area (Å²) in [4.78, 5) is -0.359. The van der Waals surface area contributed by atoms with E-state index in [1.54, 1.807) is 0 Å².